The summed E-state index contributed by atoms with van der Waals surface area (Å²) in [6.07, 6.45) is 7.88. The van der Waals surface area contributed by atoms with Crippen molar-refractivity contribution in [3.63, 3.8) is 0 Å². The Morgan fingerprint density at radius 3 is 2.34 bits per heavy atom. The van der Waals surface area contributed by atoms with E-state index in [0.29, 0.717) is 57.5 Å². The van der Waals surface area contributed by atoms with Crippen LogP contribution in [0.2, 0.25) is 0 Å². The van der Waals surface area contributed by atoms with E-state index in [1.165, 1.54) is 22.8 Å². The Kier molecular flexibility index (Phi) is 10.1. The summed E-state index contributed by atoms with van der Waals surface area (Å²) in [6, 6.07) is 14.3. The van der Waals surface area contributed by atoms with Crippen LogP contribution in [0.1, 0.15) is 91.5 Å². The van der Waals surface area contributed by atoms with Gasteiger partial charge in [0.1, 0.15) is 23.4 Å². The van der Waals surface area contributed by atoms with Crippen LogP contribution in [0.3, 0.4) is 0 Å². The summed E-state index contributed by atoms with van der Waals surface area (Å²) in [5.74, 6) is -2.20. The standard InChI is InChI=1S/C46H50F2N10O4/c1-46(2,62)36-15-39-28(12-40(36)51-45(61)41-9-7-33-11-26(16-49)17-50-58(33)41)25-57(53-39)32-5-3-31(4-6-32)56-23-29-21-54(22-30(29)24-56)18-27-19-55(20-27)34-13-37(47)43(38(48)14-34)35-8-10-42(59)52-44(35)60/h7,9,11-15,17,25,27,29-32,35,62H,3-6,8,10,18-24H2,1-2H3,(H,51,61)(H,52,59,60)/t29-,30-,31?,32?,35+/m0/s1. The molecule has 10 rings (SSSR count). The fraction of sp³-hybridized carbons (Fsp3) is 0.478. The highest BCUT2D eigenvalue weighted by molar-refractivity contribution is 6.05. The van der Waals surface area contributed by atoms with E-state index in [1.54, 1.807) is 32.0 Å². The molecule has 0 unspecified atom stereocenters. The van der Waals surface area contributed by atoms with Crippen LogP contribution in [-0.2, 0) is 15.2 Å². The van der Waals surface area contributed by atoms with Gasteiger partial charge in [0.15, 0.2) is 0 Å². The molecule has 4 saturated heterocycles. The molecule has 0 bridgehead atoms. The quantitative estimate of drug-likeness (QED) is 0.166. The van der Waals surface area contributed by atoms with E-state index in [1.807, 2.05) is 23.2 Å². The first-order valence-corrected chi connectivity index (χ1v) is 21.8. The van der Waals surface area contributed by atoms with Gasteiger partial charge in [0.05, 0.1) is 40.4 Å². The molecule has 322 valence electrons. The maximum Gasteiger partial charge on any atom is 0.274 e. The second kappa shape index (κ2) is 15.5. The third-order valence-corrected chi connectivity index (χ3v) is 14.1. The Morgan fingerprint density at radius 1 is 0.952 bits per heavy atom. The van der Waals surface area contributed by atoms with Gasteiger partial charge in [-0.2, -0.15) is 15.5 Å². The zero-order valence-electron chi connectivity index (χ0n) is 34.9. The molecule has 3 amide bonds. The second-order valence-electron chi connectivity index (χ2n) is 18.7. The van der Waals surface area contributed by atoms with E-state index in [0.717, 1.165) is 82.4 Å². The number of likely N-dealkylation sites (tertiary alicyclic amines) is 2. The predicted molar refractivity (Wildman–Crippen MR) is 226 cm³/mol. The number of aromatic nitrogens is 4. The van der Waals surface area contributed by atoms with Crippen LogP contribution in [-0.4, -0.2) is 104 Å². The second-order valence-corrected chi connectivity index (χ2v) is 18.7. The molecular formula is C46H50F2N10O4. The first-order valence-electron chi connectivity index (χ1n) is 21.8. The van der Waals surface area contributed by atoms with Crippen LogP contribution < -0.4 is 15.5 Å². The van der Waals surface area contributed by atoms with Crippen molar-refractivity contribution in [2.24, 2.45) is 17.8 Å². The van der Waals surface area contributed by atoms with Crippen LogP contribution in [0.5, 0.6) is 0 Å². The fourth-order valence-electron chi connectivity index (χ4n) is 10.9. The summed E-state index contributed by atoms with van der Waals surface area (Å²) in [5.41, 5.74) is 2.16. The number of anilines is 2. The van der Waals surface area contributed by atoms with Crippen LogP contribution in [0.25, 0.3) is 16.4 Å². The molecule has 4 aliphatic heterocycles. The Hall–Kier alpha value is -5.76. The molecule has 3 N–H and O–H groups in total. The van der Waals surface area contributed by atoms with Crippen LogP contribution in [0.4, 0.5) is 20.2 Å². The molecule has 1 aliphatic carbocycles. The number of carbonyl (C=O) groups is 3. The highest BCUT2D eigenvalue weighted by atomic mass is 19.1. The molecular weight excluding hydrogens is 795 g/mol. The minimum Gasteiger partial charge on any atom is -0.386 e. The number of aliphatic hydroxyl groups is 1. The summed E-state index contributed by atoms with van der Waals surface area (Å²) < 4.78 is 33.8. The molecule has 1 saturated carbocycles. The van der Waals surface area contributed by atoms with E-state index in [2.05, 4.69) is 36.3 Å². The van der Waals surface area contributed by atoms with Crippen molar-refractivity contribution in [2.45, 2.75) is 76.0 Å². The van der Waals surface area contributed by atoms with Gasteiger partial charge in [-0.1, -0.05) is 0 Å². The average Bonchev–Trinajstić information content (AvgIpc) is 4.01. The number of piperidine rings is 1. The minimum atomic E-state index is -1.25. The summed E-state index contributed by atoms with van der Waals surface area (Å²) in [4.78, 5) is 44.6. The summed E-state index contributed by atoms with van der Waals surface area (Å²) in [7, 11) is 0. The number of hydrogen-bond donors (Lipinski definition) is 3. The molecule has 0 spiro atoms. The number of nitriles is 1. The maximum atomic E-state index is 15.1. The van der Waals surface area contributed by atoms with Gasteiger partial charge in [-0.25, -0.2) is 13.3 Å². The number of benzene rings is 2. The monoisotopic (exact) mass is 844 g/mol. The van der Waals surface area contributed by atoms with E-state index in [9.17, 15) is 24.8 Å². The molecule has 2 aromatic carbocycles. The molecule has 16 heteroatoms. The van der Waals surface area contributed by atoms with Crippen molar-refractivity contribution in [2.75, 3.05) is 56.0 Å². The Labute approximate surface area is 357 Å². The van der Waals surface area contributed by atoms with Crippen LogP contribution in [0.15, 0.2) is 54.9 Å². The first kappa shape index (κ1) is 40.3. The number of nitrogens with zero attached hydrogens (tertiary/aromatic N) is 8. The number of fused-ring (bicyclic) bond motifs is 3. The minimum absolute atomic E-state index is 0.0654. The highest BCUT2D eigenvalue weighted by Gasteiger charge is 2.44. The number of carbonyl (C=O) groups excluding carboxylic acids is 3. The van der Waals surface area contributed by atoms with Gasteiger partial charge in [0.25, 0.3) is 5.91 Å². The Morgan fingerprint density at radius 2 is 1.66 bits per heavy atom. The van der Waals surface area contributed by atoms with E-state index in [4.69, 9.17) is 5.10 Å². The van der Waals surface area contributed by atoms with Crippen molar-refractivity contribution in [3.05, 3.63) is 88.9 Å². The van der Waals surface area contributed by atoms with Gasteiger partial charge in [-0.15, -0.1) is 0 Å². The summed E-state index contributed by atoms with van der Waals surface area (Å²) >= 11 is 0. The van der Waals surface area contributed by atoms with E-state index >= 15 is 8.78 Å². The molecule has 62 heavy (non-hydrogen) atoms. The third kappa shape index (κ3) is 7.49. The van der Waals surface area contributed by atoms with Crippen molar-refractivity contribution in [1.82, 2.24) is 34.5 Å². The number of amides is 3. The Balaban J connectivity index is 0.713. The SMILES string of the molecule is CC(C)(O)c1cc2nn(C3CCC(N4C[C@@H]5CN(CC6CN(c7cc(F)c([C@H]8CCC(=O)NC8=O)c(F)c7)C6)C[C@H]5C4)CC3)cc2cc1NC(=O)c1ccc2cc(C#N)cnn12. The maximum absolute atomic E-state index is 15.1. The lowest BCUT2D eigenvalue weighted by Crippen LogP contribution is -2.51. The van der Waals surface area contributed by atoms with Gasteiger partial charge < -0.3 is 20.2 Å². The van der Waals surface area contributed by atoms with Crippen LogP contribution in [0, 0.1) is 40.7 Å². The zero-order chi connectivity index (χ0) is 43.0. The summed E-state index contributed by atoms with van der Waals surface area (Å²) in [5, 5.41) is 35.7. The van der Waals surface area contributed by atoms with E-state index < -0.39 is 35.0 Å². The molecule has 14 nitrogen and oxygen atoms in total. The van der Waals surface area contributed by atoms with Crippen molar-refractivity contribution < 1.29 is 28.3 Å². The van der Waals surface area contributed by atoms with Crippen molar-refractivity contribution >= 4 is 45.5 Å². The molecule has 0 radical (unpaired) electrons. The molecule has 3 atom stereocenters. The first-order chi connectivity index (χ1) is 29.8. The average molecular weight is 845 g/mol. The van der Waals surface area contributed by atoms with E-state index in [-0.39, 0.29) is 30.4 Å². The fourth-order valence-corrected chi connectivity index (χ4v) is 10.9. The third-order valence-electron chi connectivity index (χ3n) is 14.1. The Bertz CT molecular complexity index is 2610. The molecule has 5 aromatic rings. The number of hydrogen-bond acceptors (Lipinski definition) is 10. The van der Waals surface area contributed by atoms with Crippen molar-refractivity contribution in [1.29, 1.82) is 5.26 Å². The zero-order valence-corrected chi connectivity index (χ0v) is 34.9. The van der Waals surface area contributed by atoms with Gasteiger partial charge in [-0.05, 0) is 100 Å². The lowest BCUT2D eigenvalue weighted by atomic mass is 9.89. The smallest absolute Gasteiger partial charge is 0.274 e. The van der Waals surface area contributed by atoms with Gasteiger partial charge in [0.2, 0.25) is 11.8 Å². The molecule has 7 heterocycles. The number of imide groups is 1. The summed E-state index contributed by atoms with van der Waals surface area (Å²) in [6.45, 7) is 10.2. The number of nitrogens with one attached hydrogen (secondary N) is 2. The molecule has 5 aliphatic rings. The number of rotatable bonds is 9. The highest BCUT2D eigenvalue weighted by Crippen LogP contribution is 2.40. The van der Waals surface area contributed by atoms with Gasteiger partial charge in [0, 0.05) is 98.3 Å². The largest absolute Gasteiger partial charge is 0.386 e. The van der Waals surface area contributed by atoms with Gasteiger partial charge >= 0.3 is 0 Å². The topological polar surface area (TPSA) is 164 Å². The van der Waals surface area contributed by atoms with Gasteiger partial charge in [-0.3, -0.25) is 29.3 Å². The number of halogens is 2. The lowest BCUT2D eigenvalue weighted by molar-refractivity contribution is -0.134. The predicted octanol–water partition coefficient (Wildman–Crippen LogP) is 5.32. The lowest BCUT2D eigenvalue weighted by Gasteiger charge is -2.43. The van der Waals surface area contributed by atoms with Crippen molar-refractivity contribution in [3.8, 4) is 6.07 Å². The molecule has 5 fully saturated rings. The van der Waals surface area contributed by atoms with Crippen LogP contribution >= 0.6 is 0 Å². The normalized spacial score (nSPS) is 25.0. The molecule has 3 aromatic heterocycles.